The Balaban J connectivity index is 1.42. The fourth-order valence-electron chi connectivity index (χ4n) is 7.40. The van der Waals surface area contributed by atoms with Gasteiger partial charge in [-0.15, -0.1) is 0 Å². The van der Waals surface area contributed by atoms with E-state index in [0.29, 0.717) is 33.9 Å². The van der Waals surface area contributed by atoms with E-state index >= 15 is 4.79 Å². The lowest BCUT2D eigenvalue weighted by atomic mass is 9.63. The molecular weight excluding hydrogens is 584 g/mol. The molecule has 6 aromatic rings. The van der Waals surface area contributed by atoms with Crippen LogP contribution in [0.3, 0.4) is 0 Å². The highest BCUT2D eigenvalue weighted by Crippen LogP contribution is 2.59. The van der Waals surface area contributed by atoms with Gasteiger partial charge >= 0.3 is 0 Å². The Hall–Kier alpha value is -6.34. The Morgan fingerprint density at radius 3 is 1.96 bits per heavy atom. The lowest BCUT2D eigenvalue weighted by molar-refractivity contribution is -0.120. The average molecular weight is 611 g/mol. The number of benzene rings is 5. The summed E-state index contributed by atoms with van der Waals surface area (Å²) in [6.07, 6.45) is 0. The third-order valence-corrected chi connectivity index (χ3v) is 9.40. The number of nitrogens with zero attached hydrogens (tertiary/aromatic N) is 3. The molecule has 9 rings (SSSR count). The number of carbonyl (C=O) groups is 3. The molecule has 7 nitrogen and oxygen atoms in total. The molecule has 1 aromatic heterocycles. The van der Waals surface area contributed by atoms with Crippen LogP contribution < -0.4 is 10.2 Å². The van der Waals surface area contributed by atoms with E-state index in [1.807, 2.05) is 115 Å². The predicted molar refractivity (Wildman–Crippen MR) is 180 cm³/mol. The van der Waals surface area contributed by atoms with Gasteiger partial charge in [-0.05, 0) is 23.8 Å². The van der Waals surface area contributed by atoms with Crippen LogP contribution in [-0.4, -0.2) is 27.3 Å². The van der Waals surface area contributed by atoms with Crippen molar-refractivity contribution in [3.05, 3.63) is 179 Å². The first kappa shape index (κ1) is 27.0. The van der Waals surface area contributed by atoms with Crippen LogP contribution in [0.5, 0.6) is 0 Å². The Kier molecular flexibility index (Phi) is 5.80. The van der Waals surface area contributed by atoms with Gasteiger partial charge in [0.25, 0.3) is 0 Å². The van der Waals surface area contributed by atoms with Crippen molar-refractivity contribution >= 4 is 29.0 Å². The molecule has 224 valence electrons. The summed E-state index contributed by atoms with van der Waals surface area (Å²) in [5, 5.41) is 8.54. The van der Waals surface area contributed by atoms with Gasteiger partial charge in [0.15, 0.2) is 5.78 Å². The summed E-state index contributed by atoms with van der Waals surface area (Å²) in [6, 6.07) is 43.5. The monoisotopic (exact) mass is 610 g/mol. The molecule has 5 aromatic carbocycles. The summed E-state index contributed by atoms with van der Waals surface area (Å²) < 4.78 is 1.75. The Morgan fingerprint density at radius 1 is 0.638 bits per heavy atom. The summed E-state index contributed by atoms with van der Waals surface area (Å²) >= 11 is 0. The fourth-order valence-corrected chi connectivity index (χ4v) is 7.40. The Labute approximate surface area is 270 Å². The van der Waals surface area contributed by atoms with E-state index in [0.717, 1.165) is 16.8 Å². The van der Waals surface area contributed by atoms with Crippen LogP contribution in [0.4, 0.5) is 11.5 Å². The molecule has 0 saturated carbocycles. The molecule has 2 aliphatic heterocycles. The van der Waals surface area contributed by atoms with Gasteiger partial charge in [-0.3, -0.25) is 14.4 Å². The van der Waals surface area contributed by atoms with Crippen molar-refractivity contribution in [3.8, 4) is 16.9 Å². The van der Waals surface area contributed by atoms with Crippen LogP contribution in [0, 0.1) is 0 Å². The van der Waals surface area contributed by atoms with Crippen LogP contribution >= 0.6 is 0 Å². The van der Waals surface area contributed by atoms with Gasteiger partial charge in [0, 0.05) is 33.5 Å². The number of aromatic nitrogens is 2. The summed E-state index contributed by atoms with van der Waals surface area (Å²) in [7, 11) is 0. The van der Waals surface area contributed by atoms with Crippen LogP contribution in [0.1, 0.15) is 37.4 Å². The van der Waals surface area contributed by atoms with Crippen LogP contribution in [0.25, 0.3) is 16.9 Å². The maximum Gasteiger partial charge on any atom is 0.247 e. The van der Waals surface area contributed by atoms with Crippen molar-refractivity contribution in [2.24, 2.45) is 0 Å². The Morgan fingerprint density at radius 2 is 1.23 bits per heavy atom. The third kappa shape index (κ3) is 3.68. The zero-order valence-corrected chi connectivity index (χ0v) is 25.1. The van der Waals surface area contributed by atoms with E-state index < -0.39 is 5.41 Å². The number of ketones is 2. The topological polar surface area (TPSA) is 84.3 Å². The Bertz CT molecular complexity index is 2310. The zero-order valence-electron chi connectivity index (χ0n) is 25.1. The van der Waals surface area contributed by atoms with Crippen molar-refractivity contribution in [1.29, 1.82) is 0 Å². The fraction of sp³-hybridized carbons (Fsp3) is 0.0500. The molecule has 7 heteroatoms. The van der Waals surface area contributed by atoms with Gasteiger partial charge in [-0.1, -0.05) is 121 Å². The summed E-state index contributed by atoms with van der Waals surface area (Å²) in [4.78, 5) is 46.7. The second kappa shape index (κ2) is 10.1. The number of amides is 1. The van der Waals surface area contributed by atoms with Crippen LogP contribution in [-0.2, 0) is 16.8 Å². The standard InChI is InChI=1S/C40H26N4O3/c45-36-28-20-10-11-21-29(28)37(46)35-32(36)40(30-22-12-13-23-31(30)43(39(40)47)24-25-14-4-1-5-15-25)33-34(26-16-6-2-7-17-26)42-44(38(33)41-35)27-18-8-3-9-19-27/h1-23,41H,24H2. The van der Waals surface area contributed by atoms with Gasteiger partial charge in [-0.25, -0.2) is 4.68 Å². The van der Waals surface area contributed by atoms with Gasteiger partial charge in [-0.2, -0.15) is 5.10 Å². The molecule has 3 aliphatic rings. The summed E-state index contributed by atoms with van der Waals surface area (Å²) in [6.45, 7) is 0.288. The highest BCUT2D eigenvalue weighted by molar-refractivity contribution is 6.34. The number of para-hydroxylation sites is 2. The molecule has 47 heavy (non-hydrogen) atoms. The molecule has 1 unspecified atom stereocenters. The number of fused-ring (bicyclic) bond motifs is 6. The quantitative estimate of drug-likeness (QED) is 0.230. The number of allylic oxidation sites excluding steroid dienone is 1. The zero-order chi connectivity index (χ0) is 31.7. The van der Waals surface area contributed by atoms with Gasteiger partial charge < -0.3 is 10.2 Å². The largest absolute Gasteiger partial charge is 0.336 e. The number of hydrogen-bond acceptors (Lipinski definition) is 5. The van der Waals surface area contributed by atoms with Crippen LogP contribution in [0.2, 0.25) is 0 Å². The maximum absolute atomic E-state index is 15.6. The minimum absolute atomic E-state index is 0.0996. The van der Waals surface area contributed by atoms with Crippen LogP contribution in [0.15, 0.2) is 151 Å². The molecule has 0 radical (unpaired) electrons. The van der Waals surface area contributed by atoms with Crippen molar-refractivity contribution in [3.63, 3.8) is 0 Å². The molecule has 1 N–H and O–H groups in total. The lowest BCUT2D eigenvalue weighted by Crippen LogP contribution is -2.50. The SMILES string of the molecule is O=C1C2=C(C(=O)c3ccccc31)C1(C(=O)N(Cc3ccccc3)c3ccccc31)c1c(-c3ccccc3)nn(-c3ccccc3)c1N2. The highest BCUT2D eigenvalue weighted by atomic mass is 16.2. The highest BCUT2D eigenvalue weighted by Gasteiger charge is 2.63. The molecule has 0 bridgehead atoms. The van der Waals surface area contributed by atoms with E-state index in [1.165, 1.54) is 0 Å². The molecular formula is C40H26N4O3. The van der Waals surface area contributed by atoms with E-state index in [4.69, 9.17) is 5.10 Å². The first-order valence-electron chi connectivity index (χ1n) is 15.5. The summed E-state index contributed by atoms with van der Waals surface area (Å²) in [5.74, 6) is -0.527. The van der Waals surface area contributed by atoms with E-state index in [9.17, 15) is 9.59 Å². The maximum atomic E-state index is 15.6. The minimum atomic E-state index is -1.67. The summed E-state index contributed by atoms with van der Waals surface area (Å²) in [5.41, 5.74) is 4.03. The number of nitrogens with one attached hydrogen (secondary N) is 1. The molecule has 1 aliphatic carbocycles. The number of rotatable bonds is 4. The van der Waals surface area contributed by atoms with Crippen molar-refractivity contribution in [1.82, 2.24) is 9.78 Å². The molecule has 0 fully saturated rings. The van der Waals surface area contributed by atoms with Crippen molar-refractivity contribution in [2.75, 3.05) is 10.2 Å². The van der Waals surface area contributed by atoms with Gasteiger partial charge in [0.2, 0.25) is 11.7 Å². The second-order valence-corrected chi connectivity index (χ2v) is 11.9. The predicted octanol–water partition coefficient (Wildman–Crippen LogP) is 7.13. The molecule has 0 saturated heterocycles. The van der Waals surface area contributed by atoms with E-state index in [2.05, 4.69) is 5.32 Å². The number of anilines is 2. The minimum Gasteiger partial charge on any atom is -0.336 e. The number of Topliss-reactive ketones (excluding diaryl/α,β-unsaturated/α-hetero) is 2. The second-order valence-electron chi connectivity index (χ2n) is 11.9. The van der Waals surface area contributed by atoms with Crippen molar-refractivity contribution in [2.45, 2.75) is 12.0 Å². The third-order valence-electron chi connectivity index (χ3n) is 9.40. The molecule has 3 heterocycles. The van der Waals surface area contributed by atoms with Gasteiger partial charge in [0.05, 0.1) is 29.2 Å². The van der Waals surface area contributed by atoms with Gasteiger partial charge in [0.1, 0.15) is 11.2 Å². The lowest BCUT2D eigenvalue weighted by Gasteiger charge is -2.39. The van der Waals surface area contributed by atoms with E-state index in [1.54, 1.807) is 33.8 Å². The number of hydrogen-bond donors (Lipinski definition) is 1. The smallest absolute Gasteiger partial charge is 0.247 e. The normalized spacial score (nSPS) is 17.7. The number of carbonyl (C=O) groups excluding carboxylic acids is 3. The molecule has 1 atom stereocenters. The first-order valence-corrected chi connectivity index (χ1v) is 15.5. The van der Waals surface area contributed by atoms with Crippen molar-refractivity contribution < 1.29 is 14.4 Å². The first-order chi connectivity index (χ1) is 23.1. The van der Waals surface area contributed by atoms with E-state index in [-0.39, 0.29) is 40.9 Å². The molecule has 1 amide bonds. The average Bonchev–Trinajstić information content (AvgIpc) is 3.63. The molecule has 1 spiro atoms.